The average molecular weight is 437 g/mol. The largest absolute Gasteiger partial charge is 0.489 e. The van der Waals surface area contributed by atoms with Gasteiger partial charge in [0, 0.05) is 23.8 Å². The van der Waals surface area contributed by atoms with Gasteiger partial charge in [-0.2, -0.15) is 0 Å². The fraction of sp³-hybridized carbons (Fsp3) is 0.318. The summed E-state index contributed by atoms with van der Waals surface area (Å²) in [6.45, 7) is 6.48. The molecule has 0 saturated carbocycles. The van der Waals surface area contributed by atoms with Crippen LogP contribution in [0.1, 0.15) is 20.8 Å². The molecule has 2 rings (SSSR count). The molecule has 0 atom stereocenters. The van der Waals surface area contributed by atoms with Gasteiger partial charge >= 0.3 is 0 Å². The predicted molar refractivity (Wildman–Crippen MR) is 120 cm³/mol. The number of benzene rings is 2. The van der Waals surface area contributed by atoms with Crippen LogP contribution < -0.4 is 14.4 Å². The molecule has 0 fully saturated rings. The third kappa shape index (κ3) is 7.18. The number of hydrogen-bond donors (Lipinski definition) is 1. The average Bonchev–Trinajstić information content (AvgIpc) is 2.67. The quantitative estimate of drug-likeness (QED) is 0.295. The summed E-state index contributed by atoms with van der Waals surface area (Å²) in [7, 11) is 1.98. The highest BCUT2D eigenvalue weighted by molar-refractivity contribution is 6.55. The Hall–Kier alpha value is -2.37. The second-order valence-electron chi connectivity index (χ2n) is 7.44. The lowest BCUT2D eigenvalue weighted by Crippen LogP contribution is -2.26. The minimum Gasteiger partial charge on any atom is -0.489 e. The fourth-order valence-corrected chi connectivity index (χ4v) is 2.55. The van der Waals surface area contributed by atoms with Crippen LogP contribution in [0.3, 0.4) is 0 Å². The molecule has 0 spiro atoms. The molecule has 0 radical (unpaired) electrons. The smallest absolute Gasteiger partial charge is 0.130 e. The van der Waals surface area contributed by atoms with Crippen molar-refractivity contribution in [2.24, 2.45) is 10.6 Å². The maximum Gasteiger partial charge on any atom is 0.130 e. The second-order valence-corrected chi connectivity index (χ2v) is 8.44. The topological polar surface area (TPSA) is 54.3 Å². The molecule has 156 valence electrons. The van der Waals surface area contributed by atoms with Crippen molar-refractivity contribution in [3.8, 4) is 11.5 Å². The molecule has 2 aromatic rings. The van der Waals surface area contributed by atoms with Gasteiger partial charge in [-0.15, -0.1) is 0 Å². The van der Waals surface area contributed by atoms with Crippen LogP contribution in [0.15, 0.2) is 64.3 Å². The molecule has 0 aliphatic rings. The molecule has 1 N–H and O–H groups in total. The van der Waals surface area contributed by atoms with Crippen LogP contribution in [-0.4, -0.2) is 31.2 Å². The van der Waals surface area contributed by atoms with Crippen molar-refractivity contribution in [3.63, 3.8) is 0 Å². The molecule has 2 aromatic carbocycles. The van der Waals surface area contributed by atoms with Crippen LogP contribution in [0.2, 0.25) is 0 Å². The number of oxime groups is 1. The Kier molecular flexibility index (Phi) is 8.23. The lowest BCUT2D eigenvalue weighted by Gasteiger charge is -2.21. The Morgan fingerprint density at radius 3 is 1.86 bits per heavy atom. The van der Waals surface area contributed by atoms with Crippen molar-refractivity contribution in [2.75, 3.05) is 25.2 Å². The van der Waals surface area contributed by atoms with Gasteiger partial charge in [-0.05, 0) is 54.6 Å². The van der Waals surface area contributed by atoms with E-state index in [0.29, 0.717) is 18.1 Å². The molecule has 0 heterocycles. The van der Waals surface area contributed by atoms with E-state index in [1.165, 1.54) is 0 Å². The molecule has 0 unspecified atom stereocenters. The van der Waals surface area contributed by atoms with E-state index in [4.69, 9.17) is 37.9 Å². The molecular formula is C22H26Cl2N2O3. The van der Waals surface area contributed by atoms with E-state index in [9.17, 15) is 0 Å². The summed E-state index contributed by atoms with van der Waals surface area (Å²) < 4.78 is 11.5. The Bertz CT molecular complexity index is 838. The number of nitrogens with zero attached hydrogens (tertiary/aromatic N) is 2. The van der Waals surface area contributed by atoms with Crippen LogP contribution in [0.5, 0.6) is 11.5 Å². The summed E-state index contributed by atoms with van der Waals surface area (Å²) in [6.07, 6.45) is 1.59. The van der Waals surface area contributed by atoms with E-state index in [-0.39, 0.29) is 16.5 Å². The van der Waals surface area contributed by atoms with Crippen molar-refractivity contribution in [1.29, 1.82) is 0 Å². The van der Waals surface area contributed by atoms with E-state index in [1.54, 1.807) is 6.08 Å². The summed E-state index contributed by atoms with van der Waals surface area (Å²) in [5.74, 6) is 1.44. The van der Waals surface area contributed by atoms with Gasteiger partial charge in [0.15, 0.2) is 0 Å². The lowest BCUT2D eigenvalue weighted by atomic mass is 9.90. The molecule has 0 aromatic heterocycles. The van der Waals surface area contributed by atoms with Crippen LogP contribution in [0.25, 0.3) is 0 Å². The summed E-state index contributed by atoms with van der Waals surface area (Å²) in [6, 6.07) is 15.5. The lowest BCUT2D eigenvalue weighted by molar-refractivity contribution is 0.293. The SMILES string of the molecule is CN(c1ccc(OCC=C(Cl)Cl)cc1)c1ccc(OCC(=NO)C(C)(C)C)cc1. The van der Waals surface area contributed by atoms with Crippen molar-refractivity contribution >= 4 is 40.3 Å². The molecule has 0 bridgehead atoms. The summed E-state index contributed by atoms with van der Waals surface area (Å²) in [5, 5.41) is 12.5. The molecule has 7 heteroatoms. The highest BCUT2D eigenvalue weighted by atomic mass is 35.5. The first-order valence-electron chi connectivity index (χ1n) is 9.12. The maximum absolute atomic E-state index is 9.15. The molecule has 0 aliphatic heterocycles. The van der Waals surface area contributed by atoms with Gasteiger partial charge in [-0.3, -0.25) is 0 Å². The fourth-order valence-electron chi connectivity index (χ4n) is 2.43. The van der Waals surface area contributed by atoms with Gasteiger partial charge in [0.2, 0.25) is 0 Å². The summed E-state index contributed by atoms with van der Waals surface area (Å²) >= 11 is 11.1. The number of hydrogen-bond acceptors (Lipinski definition) is 5. The zero-order valence-electron chi connectivity index (χ0n) is 17.0. The van der Waals surface area contributed by atoms with Gasteiger partial charge in [0.05, 0.1) is 5.71 Å². The summed E-state index contributed by atoms with van der Waals surface area (Å²) in [4.78, 5) is 2.05. The van der Waals surface area contributed by atoms with Crippen molar-refractivity contribution in [1.82, 2.24) is 0 Å². The normalized spacial score (nSPS) is 11.7. The predicted octanol–water partition coefficient (Wildman–Crippen LogP) is 6.41. The van der Waals surface area contributed by atoms with Crippen LogP contribution in [0.4, 0.5) is 11.4 Å². The second kappa shape index (κ2) is 10.4. The molecular weight excluding hydrogens is 411 g/mol. The number of anilines is 2. The third-order valence-corrected chi connectivity index (χ3v) is 4.61. The Balaban J connectivity index is 1.97. The molecule has 0 saturated heterocycles. The van der Waals surface area contributed by atoms with E-state index >= 15 is 0 Å². The van der Waals surface area contributed by atoms with Crippen LogP contribution in [0, 0.1) is 5.41 Å². The molecule has 0 amide bonds. The van der Waals surface area contributed by atoms with Gasteiger partial charge in [-0.25, -0.2) is 0 Å². The van der Waals surface area contributed by atoms with Crippen LogP contribution in [-0.2, 0) is 0 Å². The minimum absolute atomic E-state index is 0.187. The maximum atomic E-state index is 9.15. The Morgan fingerprint density at radius 2 is 1.45 bits per heavy atom. The van der Waals surface area contributed by atoms with Gasteiger partial charge in [0.25, 0.3) is 0 Å². The molecule has 0 aliphatic carbocycles. The monoisotopic (exact) mass is 436 g/mol. The van der Waals surface area contributed by atoms with E-state index in [1.807, 2.05) is 76.3 Å². The number of rotatable bonds is 8. The van der Waals surface area contributed by atoms with Gasteiger partial charge in [0.1, 0.15) is 29.2 Å². The number of ether oxygens (including phenoxy) is 2. The van der Waals surface area contributed by atoms with Crippen molar-refractivity contribution < 1.29 is 14.7 Å². The molecule has 5 nitrogen and oxygen atoms in total. The highest BCUT2D eigenvalue weighted by Crippen LogP contribution is 2.27. The standard InChI is InChI=1S/C22H26Cl2N2O3/c1-22(2,3)20(25-27)15-29-19-11-7-17(8-12-19)26(4)16-5-9-18(10-6-16)28-14-13-21(23)24/h5-13,27H,14-15H2,1-4H3. The zero-order valence-corrected chi connectivity index (χ0v) is 18.5. The Morgan fingerprint density at radius 1 is 0.966 bits per heavy atom. The van der Waals surface area contributed by atoms with E-state index in [2.05, 4.69) is 10.1 Å². The van der Waals surface area contributed by atoms with Gasteiger partial charge in [-0.1, -0.05) is 49.1 Å². The van der Waals surface area contributed by atoms with E-state index < -0.39 is 0 Å². The summed E-state index contributed by atoms with van der Waals surface area (Å²) in [5.41, 5.74) is 2.36. The Labute approximate surface area is 182 Å². The third-order valence-electron chi connectivity index (χ3n) is 4.30. The first-order valence-corrected chi connectivity index (χ1v) is 9.88. The first-order chi connectivity index (χ1) is 13.7. The zero-order chi connectivity index (χ0) is 21.4. The number of halogens is 2. The highest BCUT2D eigenvalue weighted by Gasteiger charge is 2.20. The minimum atomic E-state index is -0.253. The molecule has 29 heavy (non-hydrogen) atoms. The van der Waals surface area contributed by atoms with Crippen LogP contribution >= 0.6 is 23.2 Å². The van der Waals surface area contributed by atoms with Crippen molar-refractivity contribution in [3.05, 3.63) is 59.1 Å². The van der Waals surface area contributed by atoms with Gasteiger partial charge < -0.3 is 19.6 Å². The van der Waals surface area contributed by atoms with Crippen molar-refractivity contribution in [2.45, 2.75) is 20.8 Å². The first kappa shape index (κ1) is 22.9. The van der Waals surface area contributed by atoms with E-state index in [0.717, 1.165) is 17.1 Å².